The van der Waals surface area contributed by atoms with Crippen LogP contribution in [0.4, 0.5) is 0 Å². The molecular formula is C16H22O2. The minimum absolute atomic E-state index is 0.389. The smallest absolute Gasteiger partial charge is 0.133 e. The van der Waals surface area contributed by atoms with Crippen LogP contribution in [0.5, 0.6) is 5.75 Å². The number of benzene rings is 1. The van der Waals surface area contributed by atoms with Crippen molar-refractivity contribution in [1.29, 1.82) is 0 Å². The number of ketones is 1. The molecule has 0 radical (unpaired) electrons. The number of fused-ring (bicyclic) bond motifs is 1. The van der Waals surface area contributed by atoms with Crippen molar-refractivity contribution in [1.82, 2.24) is 0 Å². The Morgan fingerprint density at radius 2 is 2.17 bits per heavy atom. The van der Waals surface area contributed by atoms with Crippen molar-refractivity contribution in [2.45, 2.75) is 46.0 Å². The van der Waals surface area contributed by atoms with Gasteiger partial charge in [0, 0.05) is 19.3 Å². The summed E-state index contributed by atoms with van der Waals surface area (Å²) in [7, 11) is 0. The lowest BCUT2D eigenvalue weighted by molar-refractivity contribution is -0.119. The largest absolute Gasteiger partial charge is 0.493 e. The number of carbonyl (C=O) groups is 1. The van der Waals surface area contributed by atoms with Gasteiger partial charge in [0.1, 0.15) is 11.5 Å². The Bertz CT molecular complexity index is 421. The first-order valence-electron chi connectivity index (χ1n) is 6.91. The molecule has 0 aliphatic carbocycles. The van der Waals surface area contributed by atoms with Crippen LogP contribution < -0.4 is 4.74 Å². The van der Waals surface area contributed by atoms with E-state index in [4.69, 9.17) is 4.74 Å². The van der Waals surface area contributed by atoms with Gasteiger partial charge in [-0.1, -0.05) is 26.0 Å². The molecule has 1 aromatic rings. The fraction of sp³-hybridized carbons (Fsp3) is 0.562. The lowest BCUT2D eigenvalue weighted by Crippen LogP contribution is -2.02. The van der Waals surface area contributed by atoms with Gasteiger partial charge >= 0.3 is 0 Å². The molecule has 1 aromatic carbocycles. The van der Waals surface area contributed by atoms with Gasteiger partial charge < -0.3 is 4.74 Å². The lowest BCUT2D eigenvalue weighted by atomic mass is 10.00. The molecule has 0 unspecified atom stereocenters. The maximum Gasteiger partial charge on any atom is 0.133 e. The molecule has 0 amide bonds. The van der Waals surface area contributed by atoms with Gasteiger partial charge in [0.05, 0.1) is 6.61 Å². The number of Topliss-reactive ketones (excluding diaryl/α,β-unsaturated/α-hetero) is 1. The first-order chi connectivity index (χ1) is 8.65. The van der Waals surface area contributed by atoms with Crippen LogP contribution in [0.1, 0.15) is 44.2 Å². The number of aryl methyl sites for hydroxylation is 1. The van der Waals surface area contributed by atoms with E-state index in [1.54, 1.807) is 0 Å². The molecule has 0 saturated carbocycles. The van der Waals surface area contributed by atoms with E-state index in [1.807, 2.05) is 6.07 Å². The Morgan fingerprint density at radius 3 is 2.94 bits per heavy atom. The van der Waals surface area contributed by atoms with Crippen LogP contribution in [-0.4, -0.2) is 12.4 Å². The van der Waals surface area contributed by atoms with Crippen LogP contribution in [0.15, 0.2) is 18.2 Å². The van der Waals surface area contributed by atoms with Crippen LogP contribution in [0, 0.1) is 5.92 Å². The van der Waals surface area contributed by atoms with Gasteiger partial charge in [0.2, 0.25) is 0 Å². The van der Waals surface area contributed by atoms with Gasteiger partial charge in [0.25, 0.3) is 0 Å². The molecule has 0 bridgehead atoms. The van der Waals surface area contributed by atoms with E-state index in [0.717, 1.165) is 38.0 Å². The summed E-state index contributed by atoms with van der Waals surface area (Å²) in [5.74, 6) is 2.02. The summed E-state index contributed by atoms with van der Waals surface area (Å²) in [6.07, 6.45) is 4.28. The Balaban J connectivity index is 1.81. The SMILES string of the molecule is CC(C)CCC(=O)CCc1ccc2c(c1)CCO2. The van der Waals surface area contributed by atoms with Crippen molar-refractivity contribution in [2.75, 3.05) is 6.61 Å². The Kier molecular flexibility index (Phi) is 4.40. The Labute approximate surface area is 109 Å². The fourth-order valence-corrected chi connectivity index (χ4v) is 2.25. The van der Waals surface area contributed by atoms with Crippen LogP contribution in [0.3, 0.4) is 0 Å². The molecule has 0 fully saturated rings. The van der Waals surface area contributed by atoms with Gasteiger partial charge in [-0.3, -0.25) is 4.79 Å². The first-order valence-corrected chi connectivity index (χ1v) is 6.91. The number of hydrogen-bond acceptors (Lipinski definition) is 2. The molecule has 98 valence electrons. The molecule has 0 N–H and O–H groups in total. The average molecular weight is 246 g/mol. The zero-order chi connectivity index (χ0) is 13.0. The molecule has 0 aromatic heterocycles. The average Bonchev–Trinajstić information content (AvgIpc) is 2.81. The number of ether oxygens (including phenoxy) is 1. The Hall–Kier alpha value is -1.31. The third kappa shape index (κ3) is 3.59. The first kappa shape index (κ1) is 13.1. The summed E-state index contributed by atoms with van der Waals surface area (Å²) < 4.78 is 5.48. The molecular weight excluding hydrogens is 224 g/mol. The highest BCUT2D eigenvalue weighted by Crippen LogP contribution is 2.26. The molecule has 1 aliphatic heterocycles. The van der Waals surface area contributed by atoms with Crippen LogP contribution >= 0.6 is 0 Å². The highest BCUT2D eigenvalue weighted by Gasteiger charge is 2.12. The molecule has 2 rings (SSSR count). The van der Waals surface area contributed by atoms with Gasteiger partial charge in [-0.25, -0.2) is 0 Å². The second-order valence-corrected chi connectivity index (χ2v) is 5.51. The van der Waals surface area contributed by atoms with Crippen LogP contribution in [-0.2, 0) is 17.6 Å². The number of hydrogen-bond donors (Lipinski definition) is 0. The standard InChI is InChI=1S/C16H22O2/c1-12(2)3-6-15(17)7-4-13-5-8-16-14(11-13)9-10-18-16/h5,8,11-12H,3-4,6-7,9-10H2,1-2H3. The van der Waals surface area contributed by atoms with E-state index in [-0.39, 0.29) is 0 Å². The molecule has 18 heavy (non-hydrogen) atoms. The number of carbonyl (C=O) groups excluding carboxylic acids is 1. The normalized spacial score (nSPS) is 13.5. The summed E-state index contributed by atoms with van der Waals surface area (Å²) in [4.78, 5) is 11.7. The van der Waals surface area contributed by atoms with Gasteiger partial charge in [-0.05, 0) is 36.0 Å². The summed E-state index contributed by atoms with van der Waals surface area (Å²) in [5, 5.41) is 0. The fourth-order valence-electron chi connectivity index (χ4n) is 2.25. The van der Waals surface area contributed by atoms with E-state index in [2.05, 4.69) is 26.0 Å². The number of rotatable bonds is 6. The van der Waals surface area contributed by atoms with E-state index < -0.39 is 0 Å². The van der Waals surface area contributed by atoms with Crippen molar-refractivity contribution in [3.63, 3.8) is 0 Å². The summed E-state index contributed by atoms with van der Waals surface area (Å²) in [6, 6.07) is 6.31. The molecule has 0 saturated heterocycles. The third-order valence-electron chi connectivity index (χ3n) is 3.45. The Morgan fingerprint density at radius 1 is 1.33 bits per heavy atom. The summed E-state index contributed by atoms with van der Waals surface area (Å²) >= 11 is 0. The van der Waals surface area contributed by atoms with Crippen molar-refractivity contribution in [2.24, 2.45) is 5.92 Å². The molecule has 1 aliphatic rings. The zero-order valence-electron chi connectivity index (χ0n) is 11.4. The van der Waals surface area contributed by atoms with Crippen LogP contribution in [0.25, 0.3) is 0 Å². The van der Waals surface area contributed by atoms with Crippen LogP contribution in [0.2, 0.25) is 0 Å². The van der Waals surface area contributed by atoms with Gasteiger partial charge in [-0.15, -0.1) is 0 Å². The predicted octanol–water partition coefficient (Wildman–Crippen LogP) is 3.56. The second-order valence-electron chi connectivity index (χ2n) is 5.51. The molecule has 1 heterocycles. The maximum absolute atomic E-state index is 11.7. The second kappa shape index (κ2) is 6.03. The molecule has 0 atom stereocenters. The van der Waals surface area contributed by atoms with E-state index >= 15 is 0 Å². The van der Waals surface area contributed by atoms with E-state index in [0.29, 0.717) is 18.1 Å². The van der Waals surface area contributed by atoms with E-state index in [9.17, 15) is 4.79 Å². The highest BCUT2D eigenvalue weighted by atomic mass is 16.5. The van der Waals surface area contributed by atoms with Crippen molar-refractivity contribution >= 4 is 5.78 Å². The van der Waals surface area contributed by atoms with Gasteiger partial charge in [-0.2, -0.15) is 0 Å². The monoisotopic (exact) mass is 246 g/mol. The zero-order valence-corrected chi connectivity index (χ0v) is 11.4. The highest BCUT2D eigenvalue weighted by molar-refractivity contribution is 5.78. The van der Waals surface area contributed by atoms with Gasteiger partial charge in [0.15, 0.2) is 0 Å². The van der Waals surface area contributed by atoms with Crippen molar-refractivity contribution in [3.8, 4) is 5.75 Å². The molecule has 2 heteroatoms. The third-order valence-corrected chi connectivity index (χ3v) is 3.45. The minimum atomic E-state index is 0.389. The molecule has 0 spiro atoms. The quantitative estimate of drug-likeness (QED) is 0.767. The minimum Gasteiger partial charge on any atom is -0.493 e. The predicted molar refractivity (Wildman–Crippen MR) is 73.0 cm³/mol. The van der Waals surface area contributed by atoms with Crippen molar-refractivity contribution in [3.05, 3.63) is 29.3 Å². The topological polar surface area (TPSA) is 26.3 Å². The summed E-state index contributed by atoms with van der Waals surface area (Å²) in [6.45, 7) is 5.12. The lowest BCUT2D eigenvalue weighted by Gasteiger charge is -2.05. The molecule has 2 nitrogen and oxygen atoms in total. The van der Waals surface area contributed by atoms with Crippen molar-refractivity contribution < 1.29 is 9.53 Å². The maximum atomic E-state index is 11.7. The summed E-state index contributed by atoms with van der Waals surface area (Å²) in [5.41, 5.74) is 2.55. The van der Waals surface area contributed by atoms with E-state index in [1.165, 1.54) is 11.1 Å².